The number of fused-ring (bicyclic) bond motifs is 1. The lowest BCUT2D eigenvalue weighted by Crippen LogP contribution is -2.10. The molecule has 0 aliphatic heterocycles. The fraction of sp³-hybridized carbons (Fsp3) is 0.500. The molecule has 1 heterocycles. The number of hydrogen-bond acceptors (Lipinski definition) is 2. The lowest BCUT2D eigenvalue weighted by atomic mass is 10.2. The first kappa shape index (κ1) is 14.8. The van der Waals surface area contributed by atoms with Crippen molar-refractivity contribution in [3.8, 4) is 0 Å². The van der Waals surface area contributed by atoms with Gasteiger partial charge in [-0.1, -0.05) is 6.92 Å². The summed E-state index contributed by atoms with van der Waals surface area (Å²) in [5.41, 5.74) is 0.148. The maximum absolute atomic E-state index is 12.7. The number of aliphatic hydroxyl groups is 1. The molecule has 3 nitrogen and oxygen atoms in total. The number of halogens is 3. The van der Waals surface area contributed by atoms with E-state index in [1.807, 2.05) is 13.8 Å². The fourth-order valence-electron chi connectivity index (χ4n) is 2.23. The molecule has 0 aliphatic carbocycles. The van der Waals surface area contributed by atoms with Crippen molar-refractivity contribution in [1.82, 2.24) is 9.55 Å². The highest BCUT2D eigenvalue weighted by molar-refractivity contribution is 5.77. The Bertz CT molecular complexity index is 617. The summed E-state index contributed by atoms with van der Waals surface area (Å²) < 4.78 is 40.0. The summed E-state index contributed by atoms with van der Waals surface area (Å²) in [4.78, 5) is 4.17. The first-order chi connectivity index (χ1) is 9.25. The molecule has 1 N–H and O–H groups in total. The van der Waals surface area contributed by atoms with Crippen LogP contribution in [0.5, 0.6) is 0 Å². The van der Waals surface area contributed by atoms with E-state index in [0.717, 1.165) is 18.6 Å². The highest BCUT2D eigenvalue weighted by Gasteiger charge is 2.31. The normalized spacial score (nSPS) is 15.6. The molecular weight excluding hydrogens is 269 g/mol. The van der Waals surface area contributed by atoms with Crippen molar-refractivity contribution in [3.63, 3.8) is 0 Å². The topological polar surface area (TPSA) is 38.0 Å². The molecule has 0 saturated heterocycles. The van der Waals surface area contributed by atoms with Gasteiger partial charge in [-0.25, -0.2) is 4.98 Å². The minimum absolute atomic E-state index is 0.0568. The summed E-state index contributed by atoms with van der Waals surface area (Å²) in [6.07, 6.45) is -4.42. The van der Waals surface area contributed by atoms with Crippen molar-refractivity contribution >= 4 is 11.0 Å². The molecule has 0 aliphatic rings. The van der Waals surface area contributed by atoms with Crippen molar-refractivity contribution in [3.05, 3.63) is 29.6 Å². The summed E-state index contributed by atoms with van der Waals surface area (Å²) in [7, 11) is 0. The second-order valence-electron chi connectivity index (χ2n) is 4.97. The zero-order valence-electron chi connectivity index (χ0n) is 11.6. The zero-order valence-corrected chi connectivity index (χ0v) is 11.6. The molecule has 0 radical (unpaired) electrons. The van der Waals surface area contributed by atoms with Crippen molar-refractivity contribution in [1.29, 1.82) is 0 Å². The Morgan fingerprint density at radius 2 is 1.95 bits per heavy atom. The maximum Gasteiger partial charge on any atom is 0.416 e. The Morgan fingerprint density at radius 1 is 1.30 bits per heavy atom. The summed E-state index contributed by atoms with van der Waals surface area (Å²) in [5, 5.41) is 9.77. The van der Waals surface area contributed by atoms with Gasteiger partial charge in [0, 0.05) is 6.04 Å². The number of alkyl halides is 3. The van der Waals surface area contributed by atoms with E-state index in [-0.39, 0.29) is 11.6 Å². The first-order valence-electron chi connectivity index (χ1n) is 6.52. The van der Waals surface area contributed by atoms with Crippen LogP contribution < -0.4 is 0 Å². The fourth-order valence-corrected chi connectivity index (χ4v) is 2.23. The van der Waals surface area contributed by atoms with Gasteiger partial charge in [-0.15, -0.1) is 0 Å². The number of aromatic nitrogens is 2. The minimum atomic E-state index is -4.39. The van der Waals surface area contributed by atoms with Crippen molar-refractivity contribution < 1.29 is 18.3 Å². The first-order valence-corrected chi connectivity index (χ1v) is 6.52. The number of aliphatic hydroxyl groups excluding tert-OH is 1. The molecular formula is C14H17F3N2O. The molecule has 2 aromatic rings. The molecule has 1 aromatic carbocycles. The Balaban J connectivity index is 2.68. The minimum Gasteiger partial charge on any atom is -0.385 e. The highest BCUT2D eigenvalue weighted by atomic mass is 19.4. The number of benzene rings is 1. The monoisotopic (exact) mass is 286 g/mol. The molecule has 1 aromatic heterocycles. The van der Waals surface area contributed by atoms with Gasteiger partial charge >= 0.3 is 6.18 Å². The zero-order chi connectivity index (χ0) is 15.1. The van der Waals surface area contributed by atoms with E-state index in [1.54, 1.807) is 11.5 Å². The van der Waals surface area contributed by atoms with Crippen LogP contribution in [0.3, 0.4) is 0 Å². The Hall–Kier alpha value is -1.56. The second-order valence-corrected chi connectivity index (χ2v) is 4.97. The summed E-state index contributed by atoms with van der Waals surface area (Å²) >= 11 is 0. The van der Waals surface area contributed by atoms with Crippen molar-refractivity contribution in [2.75, 3.05) is 0 Å². The molecule has 20 heavy (non-hydrogen) atoms. The predicted molar refractivity (Wildman–Crippen MR) is 70.4 cm³/mol. The van der Waals surface area contributed by atoms with Crippen LogP contribution in [0.25, 0.3) is 11.0 Å². The Morgan fingerprint density at radius 3 is 2.45 bits per heavy atom. The molecule has 2 unspecified atom stereocenters. The van der Waals surface area contributed by atoms with Gasteiger partial charge in [-0.2, -0.15) is 13.2 Å². The number of hydrogen-bond donors (Lipinski definition) is 1. The summed E-state index contributed by atoms with van der Waals surface area (Å²) in [5.74, 6) is 0.397. The van der Waals surface area contributed by atoms with E-state index in [0.29, 0.717) is 11.3 Å². The second kappa shape index (κ2) is 5.09. The van der Waals surface area contributed by atoms with Crippen LogP contribution in [0, 0.1) is 0 Å². The Labute approximate surface area is 115 Å². The van der Waals surface area contributed by atoms with Crippen molar-refractivity contribution in [2.24, 2.45) is 0 Å². The summed E-state index contributed by atoms with van der Waals surface area (Å²) in [6, 6.07) is 3.55. The van der Waals surface area contributed by atoms with Crippen LogP contribution in [-0.4, -0.2) is 14.7 Å². The van der Waals surface area contributed by atoms with E-state index in [1.165, 1.54) is 6.07 Å². The molecule has 0 fully saturated rings. The van der Waals surface area contributed by atoms with Gasteiger partial charge in [0.15, 0.2) is 0 Å². The molecule has 0 saturated carbocycles. The maximum atomic E-state index is 12.7. The van der Waals surface area contributed by atoms with Gasteiger partial charge in [0.25, 0.3) is 0 Å². The van der Waals surface area contributed by atoms with E-state index in [9.17, 15) is 18.3 Å². The lowest BCUT2D eigenvalue weighted by molar-refractivity contribution is -0.137. The molecule has 2 rings (SSSR count). The van der Waals surface area contributed by atoms with Crippen LogP contribution in [-0.2, 0) is 6.18 Å². The molecule has 0 amide bonds. The quantitative estimate of drug-likeness (QED) is 0.923. The standard InChI is InChI=1S/C14H17F3N2O/c1-4-8(2)19-12-6-5-10(14(15,16)17)7-11(12)18-13(19)9(3)20/h5-9,20H,4H2,1-3H3. The van der Waals surface area contributed by atoms with Crippen LogP contribution in [0.15, 0.2) is 18.2 Å². The highest BCUT2D eigenvalue weighted by Crippen LogP contribution is 2.33. The van der Waals surface area contributed by atoms with Crippen molar-refractivity contribution in [2.45, 2.75) is 45.5 Å². The van der Waals surface area contributed by atoms with Gasteiger partial charge in [0.05, 0.1) is 16.6 Å². The van der Waals surface area contributed by atoms with Crippen LogP contribution in [0.4, 0.5) is 13.2 Å². The average molecular weight is 286 g/mol. The van der Waals surface area contributed by atoms with E-state index < -0.39 is 17.8 Å². The van der Waals surface area contributed by atoms with Gasteiger partial charge in [0.1, 0.15) is 11.9 Å². The third-order valence-corrected chi connectivity index (χ3v) is 3.45. The van der Waals surface area contributed by atoms with Gasteiger partial charge in [0.2, 0.25) is 0 Å². The number of rotatable bonds is 3. The van der Waals surface area contributed by atoms with Crippen LogP contribution >= 0.6 is 0 Å². The molecule has 2 atom stereocenters. The van der Waals surface area contributed by atoms with Crippen LogP contribution in [0.2, 0.25) is 0 Å². The molecule has 0 spiro atoms. The lowest BCUT2D eigenvalue weighted by Gasteiger charge is -2.17. The van der Waals surface area contributed by atoms with Gasteiger partial charge < -0.3 is 9.67 Å². The molecule has 110 valence electrons. The van der Waals surface area contributed by atoms with Crippen LogP contribution in [0.1, 0.15) is 50.7 Å². The molecule has 6 heteroatoms. The Kier molecular flexibility index (Phi) is 3.77. The average Bonchev–Trinajstić information content (AvgIpc) is 2.75. The SMILES string of the molecule is CCC(C)n1c(C(C)O)nc2cc(C(F)(F)F)ccc21. The van der Waals surface area contributed by atoms with E-state index in [4.69, 9.17) is 0 Å². The largest absolute Gasteiger partial charge is 0.416 e. The predicted octanol–water partition coefficient (Wildman–Crippen LogP) is 4.08. The third kappa shape index (κ3) is 2.52. The number of imidazole rings is 1. The number of nitrogens with zero attached hydrogens (tertiary/aromatic N) is 2. The smallest absolute Gasteiger partial charge is 0.385 e. The van der Waals surface area contributed by atoms with Gasteiger partial charge in [-0.3, -0.25) is 0 Å². The van der Waals surface area contributed by atoms with Gasteiger partial charge in [-0.05, 0) is 38.5 Å². The summed E-state index contributed by atoms with van der Waals surface area (Å²) in [6.45, 7) is 5.49. The van der Waals surface area contributed by atoms with E-state index in [2.05, 4.69) is 4.98 Å². The molecule has 0 bridgehead atoms. The third-order valence-electron chi connectivity index (χ3n) is 3.45. The van der Waals surface area contributed by atoms with E-state index >= 15 is 0 Å².